The zero-order chi connectivity index (χ0) is 14.8. The largest absolute Gasteiger partial charge is 0.409 e. The molecule has 0 aliphatic heterocycles. The smallest absolute Gasteiger partial charge is 0.172 e. The van der Waals surface area contributed by atoms with Gasteiger partial charge in [-0.1, -0.05) is 40.7 Å². The lowest BCUT2D eigenvalue weighted by molar-refractivity contribution is 0.318. The number of nitrogens with zero attached hydrogens (tertiary/aromatic N) is 1. The van der Waals surface area contributed by atoms with Crippen LogP contribution in [0, 0.1) is 0 Å². The topological polar surface area (TPSA) is 58.6 Å². The molecule has 0 aromatic heterocycles. The van der Waals surface area contributed by atoms with Crippen LogP contribution in [0.25, 0.3) is 0 Å². The molecule has 0 amide bonds. The number of nitrogens with two attached hydrogens (primary N) is 1. The van der Waals surface area contributed by atoms with Crippen LogP contribution in [0.3, 0.4) is 0 Å². The van der Waals surface area contributed by atoms with Gasteiger partial charge in [-0.2, -0.15) is 0 Å². The van der Waals surface area contributed by atoms with Crippen LogP contribution < -0.4 is 5.73 Å². The maximum Gasteiger partial charge on any atom is 0.172 e. The van der Waals surface area contributed by atoms with Crippen LogP contribution in [0.15, 0.2) is 51.3 Å². The number of fused-ring (bicyclic) bond motifs is 1. The van der Waals surface area contributed by atoms with Crippen LogP contribution in [0.5, 0.6) is 0 Å². The highest BCUT2D eigenvalue weighted by molar-refractivity contribution is 7.99. The van der Waals surface area contributed by atoms with E-state index in [1.54, 1.807) is 17.8 Å². The average molecular weight is 319 g/mol. The number of oxime groups is 1. The number of halogens is 1. The molecule has 0 fully saturated rings. The molecule has 0 radical (unpaired) electrons. The minimum Gasteiger partial charge on any atom is -0.409 e. The first-order valence-electron chi connectivity index (χ1n) is 6.75. The molecule has 0 spiro atoms. The van der Waals surface area contributed by atoms with Gasteiger partial charge in [0.25, 0.3) is 0 Å². The molecule has 0 unspecified atom stereocenters. The molecular formula is C16H15ClN2OS. The third-order valence-electron chi connectivity index (χ3n) is 3.64. The van der Waals surface area contributed by atoms with Gasteiger partial charge in [0, 0.05) is 9.79 Å². The monoisotopic (exact) mass is 318 g/mol. The van der Waals surface area contributed by atoms with Crippen molar-refractivity contribution in [1.29, 1.82) is 0 Å². The summed E-state index contributed by atoms with van der Waals surface area (Å²) in [5.41, 5.74) is 9.19. The van der Waals surface area contributed by atoms with Crippen LogP contribution in [0.4, 0.5) is 0 Å². The van der Waals surface area contributed by atoms with E-state index in [4.69, 9.17) is 22.5 Å². The van der Waals surface area contributed by atoms with E-state index in [2.05, 4.69) is 23.4 Å². The first-order chi connectivity index (χ1) is 10.2. The van der Waals surface area contributed by atoms with E-state index >= 15 is 0 Å². The zero-order valence-corrected chi connectivity index (χ0v) is 12.9. The van der Waals surface area contributed by atoms with Gasteiger partial charge in [-0.05, 0) is 54.7 Å². The summed E-state index contributed by atoms with van der Waals surface area (Å²) in [5.74, 6) is 0.0317. The Morgan fingerprint density at radius 1 is 1.19 bits per heavy atom. The van der Waals surface area contributed by atoms with Crippen molar-refractivity contribution in [2.75, 3.05) is 0 Å². The Hall–Kier alpha value is -1.65. The third kappa shape index (κ3) is 2.87. The second-order valence-electron chi connectivity index (χ2n) is 4.98. The molecule has 0 bridgehead atoms. The van der Waals surface area contributed by atoms with Crippen molar-refractivity contribution < 1.29 is 5.21 Å². The van der Waals surface area contributed by atoms with Crippen molar-refractivity contribution in [2.45, 2.75) is 29.1 Å². The molecule has 2 aromatic rings. The summed E-state index contributed by atoms with van der Waals surface area (Å²) in [6, 6.07) is 12.1. The second-order valence-corrected chi connectivity index (χ2v) is 6.51. The fourth-order valence-electron chi connectivity index (χ4n) is 2.63. The van der Waals surface area contributed by atoms with Gasteiger partial charge in [0.1, 0.15) is 0 Å². The van der Waals surface area contributed by atoms with Gasteiger partial charge in [0.05, 0.1) is 10.6 Å². The molecule has 2 aromatic carbocycles. The molecule has 3 nitrogen and oxygen atoms in total. The van der Waals surface area contributed by atoms with E-state index < -0.39 is 0 Å². The molecule has 0 saturated heterocycles. The molecule has 1 aliphatic carbocycles. The lowest BCUT2D eigenvalue weighted by atomic mass is 10.1. The van der Waals surface area contributed by atoms with Gasteiger partial charge < -0.3 is 10.9 Å². The maximum absolute atomic E-state index is 8.93. The molecule has 5 heteroatoms. The Morgan fingerprint density at radius 3 is 2.81 bits per heavy atom. The molecule has 0 atom stereocenters. The van der Waals surface area contributed by atoms with Gasteiger partial charge in [-0.25, -0.2) is 0 Å². The Morgan fingerprint density at radius 2 is 2.00 bits per heavy atom. The van der Waals surface area contributed by atoms with Crippen molar-refractivity contribution in [3.8, 4) is 0 Å². The molecule has 108 valence electrons. The van der Waals surface area contributed by atoms with Crippen molar-refractivity contribution in [1.82, 2.24) is 0 Å². The van der Waals surface area contributed by atoms with Crippen molar-refractivity contribution >= 4 is 29.2 Å². The van der Waals surface area contributed by atoms with Gasteiger partial charge in [0.2, 0.25) is 0 Å². The van der Waals surface area contributed by atoms with Crippen molar-refractivity contribution in [3.63, 3.8) is 0 Å². The number of amidine groups is 1. The van der Waals surface area contributed by atoms with E-state index in [0.717, 1.165) is 16.2 Å². The summed E-state index contributed by atoms with van der Waals surface area (Å²) in [7, 11) is 0. The number of benzene rings is 2. The Labute approximate surface area is 132 Å². The lowest BCUT2D eigenvalue weighted by Crippen LogP contribution is -2.14. The predicted molar refractivity (Wildman–Crippen MR) is 86.6 cm³/mol. The highest BCUT2D eigenvalue weighted by atomic mass is 35.5. The van der Waals surface area contributed by atoms with Gasteiger partial charge in [-0.15, -0.1) is 0 Å². The normalized spacial score (nSPS) is 14.2. The molecule has 3 N–H and O–H groups in total. The van der Waals surface area contributed by atoms with Crippen LogP contribution in [0.2, 0.25) is 5.02 Å². The van der Waals surface area contributed by atoms with E-state index in [1.807, 2.05) is 12.1 Å². The minimum atomic E-state index is 0.0317. The summed E-state index contributed by atoms with van der Waals surface area (Å²) >= 11 is 7.76. The molecule has 1 aliphatic rings. The Balaban J connectivity index is 1.97. The molecule has 3 rings (SSSR count). The van der Waals surface area contributed by atoms with E-state index in [9.17, 15) is 0 Å². The number of hydrogen-bond acceptors (Lipinski definition) is 3. The van der Waals surface area contributed by atoms with Gasteiger partial charge in [-0.3, -0.25) is 0 Å². The second kappa shape index (κ2) is 6.00. The lowest BCUT2D eigenvalue weighted by Gasteiger charge is -2.10. The fourth-order valence-corrected chi connectivity index (χ4v) is 4.01. The molecular weight excluding hydrogens is 304 g/mol. The van der Waals surface area contributed by atoms with Crippen LogP contribution >= 0.6 is 23.4 Å². The highest BCUT2D eigenvalue weighted by Crippen LogP contribution is 2.35. The van der Waals surface area contributed by atoms with E-state index in [-0.39, 0.29) is 5.84 Å². The summed E-state index contributed by atoms with van der Waals surface area (Å²) < 4.78 is 0. The van der Waals surface area contributed by atoms with Crippen LogP contribution in [-0.2, 0) is 12.8 Å². The van der Waals surface area contributed by atoms with Crippen LogP contribution in [0.1, 0.15) is 23.1 Å². The molecule has 21 heavy (non-hydrogen) atoms. The van der Waals surface area contributed by atoms with Crippen molar-refractivity contribution in [2.24, 2.45) is 10.9 Å². The number of hydrogen-bond donors (Lipinski definition) is 2. The quantitative estimate of drug-likeness (QED) is 0.388. The Bertz CT molecular complexity index is 715. The average Bonchev–Trinajstić information content (AvgIpc) is 2.94. The minimum absolute atomic E-state index is 0.0317. The van der Waals surface area contributed by atoms with Crippen molar-refractivity contribution in [3.05, 3.63) is 58.1 Å². The van der Waals surface area contributed by atoms with E-state index in [0.29, 0.717) is 10.6 Å². The van der Waals surface area contributed by atoms with Gasteiger partial charge >= 0.3 is 0 Å². The standard InChI is InChI=1S/C16H15ClN2OS/c17-13-5-2-6-14(15(13)16(18)19-20)21-12-8-7-10-3-1-4-11(10)9-12/h2,5-9,20H,1,3-4H2,(H2,18,19). The maximum atomic E-state index is 8.93. The highest BCUT2D eigenvalue weighted by Gasteiger charge is 2.15. The summed E-state index contributed by atoms with van der Waals surface area (Å²) in [5, 5.41) is 12.5. The number of rotatable bonds is 3. The first-order valence-corrected chi connectivity index (χ1v) is 7.94. The SMILES string of the molecule is NC(=NO)c1c(Cl)cccc1Sc1ccc2c(c1)CCC2. The summed E-state index contributed by atoms with van der Waals surface area (Å²) in [4.78, 5) is 2.03. The zero-order valence-electron chi connectivity index (χ0n) is 11.3. The third-order valence-corrected chi connectivity index (χ3v) is 5.00. The number of aryl methyl sites for hydroxylation is 2. The summed E-state index contributed by atoms with van der Waals surface area (Å²) in [6.07, 6.45) is 3.55. The van der Waals surface area contributed by atoms with E-state index in [1.165, 1.54) is 24.0 Å². The van der Waals surface area contributed by atoms with Crippen LogP contribution in [-0.4, -0.2) is 11.0 Å². The first kappa shape index (κ1) is 14.3. The molecule has 0 saturated carbocycles. The molecule has 0 heterocycles. The summed E-state index contributed by atoms with van der Waals surface area (Å²) in [6.45, 7) is 0. The Kier molecular flexibility index (Phi) is 4.08. The predicted octanol–water partition coefficient (Wildman–Crippen LogP) is 4.07. The van der Waals surface area contributed by atoms with Gasteiger partial charge in [0.15, 0.2) is 5.84 Å². The fraction of sp³-hybridized carbons (Fsp3) is 0.188.